The van der Waals surface area contributed by atoms with Crippen LogP contribution in [0.5, 0.6) is 0 Å². The van der Waals surface area contributed by atoms with Gasteiger partial charge in [-0.3, -0.25) is 10.00 Å². The van der Waals surface area contributed by atoms with Crippen LogP contribution in [-0.4, -0.2) is 47.0 Å². The SMILES string of the molecule is COC1CCN(C(=O)Nc2cc(C)nn2C)CC1. The maximum Gasteiger partial charge on any atom is 0.323 e. The van der Waals surface area contributed by atoms with Crippen molar-refractivity contribution in [1.29, 1.82) is 0 Å². The van der Waals surface area contributed by atoms with Crippen molar-refractivity contribution in [3.8, 4) is 0 Å². The summed E-state index contributed by atoms with van der Waals surface area (Å²) in [5.41, 5.74) is 0.894. The van der Waals surface area contributed by atoms with Crippen LogP contribution < -0.4 is 5.32 Å². The van der Waals surface area contributed by atoms with Crippen molar-refractivity contribution in [2.45, 2.75) is 25.9 Å². The molecule has 2 amide bonds. The summed E-state index contributed by atoms with van der Waals surface area (Å²) >= 11 is 0. The zero-order valence-corrected chi connectivity index (χ0v) is 11.1. The van der Waals surface area contributed by atoms with E-state index in [2.05, 4.69) is 10.4 Å². The third-order valence-electron chi connectivity index (χ3n) is 3.30. The van der Waals surface area contributed by atoms with Crippen LogP contribution in [0.3, 0.4) is 0 Å². The van der Waals surface area contributed by atoms with Gasteiger partial charge in [-0.1, -0.05) is 0 Å². The highest BCUT2D eigenvalue weighted by Gasteiger charge is 2.22. The van der Waals surface area contributed by atoms with Gasteiger partial charge in [-0.2, -0.15) is 5.10 Å². The minimum Gasteiger partial charge on any atom is -0.381 e. The summed E-state index contributed by atoms with van der Waals surface area (Å²) in [7, 11) is 3.54. The highest BCUT2D eigenvalue weighted by atomic mass is 16.5. The first-order valence-electron chi connectivity index (χ1n) is 6.19. The van der Waals surface area contributed by atoms with Gasteiger partial charge in [0.2, 0.25) is 0 Å². The van der Waals surface area contributed by atoms with Crippen molar-refractivity contribution < 1.29 is 9.53 Å². The van der Waals surface area contributed by atoms with Gasteiger partial charge < -0.3 is 9.64 Å². The van der Waals surface area contributed by atoms with E-state index in [4.69, 9.17) is 4.74 Å². The quantitative estimate of drug-likeness (QED) is 0.865. The number of aryl methyl sites for hydroxylation is 2. The third-order valence-corrected chi connectivity index (χ3v) is 3.30. The zero-order chi connectivity index (χ0) is 13.1. The first-order chi connectivity index (χ1) is 8.60. The van der Waals surface area contributed by atoms with Gasteiger partial charge >= 0.3 is 6.03 Å². The highest BCUT2D eigenvalue weighted by Crippen LogP contribution is 2.15. The molecule has 18 heavy (non-hydrogen) atoms. The summed E-state index contributed by atoms with van der Waals surface area (Å²) in [5, 5.41) is 7.08. The Hall–Kier alpha value is -1.56. The van der Waals surface area contributed by atoms with Gasteiger partial charge in [0.05, 0.1) is 11.8 Å². The van der Waals surface area contributed by atoms with Crippen LogP contribution in [0.25, 0.3) is 0 Å². The normalized spacial score (nSPS) is 16.9. The van der Waals surface area contributed by atoms with E-state index in [1.807, 2.05) is 24.9 Å². The number of amides is 2. The second-order valence-corrected chi connectivity index (χ2v) is 4.65. The van der Waals surface area contributed by atoms with Gasteiger partial charge in [0.15, 0.2) is 0 Å². The molecular formula is C12H20N4O2. The number of carbonyl (C=O) groups excluding carboxylic acids is 1. The lowest BCUT2D eigenvalue weighted by molar-refractivity contribution is 0.0521. The fourth-order valence-electron chi connectivity index (χ4n) is 2.21. The fraction of sp³-hybridized carbons (Fsp3) is 0.667. The van der Waals surface area contributed by atoms with E-state index < -0.39 is 0 Å². The standard InChI is InChI=1S/C12H20N4O2/c1-9-8-11(15(2)14-9)13-12(17)16-6-4-10(18-3)5-7-16/h8,10H,4-7H2,1-3H3,(H,13,17). The van der Waals surface area contributed by atoms with Crippen LogP contribution in [0.15, 0.2) is 6.07 Å². The average Bonchev–Trinajstić information content (AvgIpc) is 2.68. The van der Waals surface area contributed by atoms with E-state index in [0.717, 1.165) is 37.4 Å². The van der Waals surface area contributed by atoms with E-state index in [1.54, 1.807) is 11.8 Å². The highest BCUT2D eigenvalue weighted by molar-refractivity contribution is 5.88. The Labute approximate surface area is 107 Å². The number of ether oxygens (including phenoxy) is 1. The van der Waals surface area contributed by atoms with Gasteiger partial charge in [0.1, 0.15) is 5.82 Å². The van der Waals surface area contributed by atoms with Crippen molar-refractivity contribution in [3.05, 3.63) is 11.8 Å². The fourth-order valence-corrected chi connectivity index (χ4v) is 2.21. The van der Waals surface area contributed by atoms with Crippen LogP contribution in [0, 0.1) is 6.92 Å². The molecule has 0 radical (unpaired) electrons. The van der Waals surface area contributed by atoms with Crippen LogP contribution in [0.4, 0.5) is 10.6 Å². The predicted molar refractivity (Wildman–Crippen MR) is 68.6 cm³/mol. The van der Waals surface area contributed by atoms with E-state index in [0.29, 0.717) is 0 Å². The summed E-state index contributed by atoms with van der Waals surface area (Å²) < 4.78 is 6.96. The molecule has 0 atom stereocenters. The van der Waals surface area contributed by atoms with Gasteiger partial charge in [-0.15, -0.1) is 0 Å². The number of nitrogens with one attached hydrogen (secondary N) is 1. The Morgan fingerprint density at radius 2 is 2.17 bits per heavy atom. The maximum atomic E-state index is 12.1. The van der Waals surface area contributed by atoms with Crippen molar-refractivity contribution in [1.82, 2.24) is 14.7 Å². The molecule has 1 saturated heterocycles. The minimum atomic E-state index is -0.0625. The topological polar surface area (TPSA) is 59.4 Å². The molecule has 2 rings (SSSR count). The Bertz CT molecular complexity index is 422. The van der Waals surface area contributed by atoms with Crippen molar-refractivity contribution >= 4 is 11.8 Å². The molecule has 1 aromatic rings. The van der Waals surface area contributed by atoms with Gasteiger partial charge in [0.25, 0.3) is 0 Å². The average molecular weight is 252 g/mol. The monoisotopic (exact) mass is 252 g/mol. The minimum absolute atomic E-state index is 0.0625. The number of likely N-dealkylation sites (tertiary alicyclic amines) is 1. The first kappa shape index (κ1) is 12.9. The van der Waals surface area contributed by atoms with Gasteiger partial charge in [-0.05, 0) is 19.8 Å². The molecule has 1 aliphatic heterocycles. The molecule has 0 bridgehead atoms. The smallest absolute Gasteiger partial charge is 0.323 e. The number of hydrogen-bond donors (Lipinski definition) is 1. The molecule has 0 aliphatic carbocycles. The number of rotatable bonds is 2. The molecule has 1 aromatic heterocycles. The second kappa shape index (κ2) is 5.39. The number of methoxy groups -OCH3 is 1. The second-order valence-electron chi connectivity index (χ2n) is 4.65. The molecule has 1 N–H and O–H groups in total. The maximum absolute atomic E-state index is 12.1. The number of anilines is 1. The molecule has 100 valence electrons. The molecule has 2 heterocycles. The predicted octanol–water partition coefficient (Wildman–Crippen LogP) is 1.37. The third kappa shape index (κ3) is 2.81. The molecular weight excluding hydrogens is 232 g/mol. The molecule has 0 aromatic carbocycles. The molecule has 6 nitrogen and oxygen atoms in total. The van der Waals surface area contributed by atoms with Crippen molar-refractivity contribution in [2.75, 3.05) is 25.5 Å². The number of piperidine rings is 1. The molecule has 6 heteroatoms. The number of urea groups is 1. The van der Waals surface area contributed by atoms with E-state index >= 15 is 0 Å². The van der Waals surface area contributed by atoms with E-state index in [-0.39, 0.29) is 12.1 Å². The van der Waals surface area contributed by atoms with Crippen molar-refractivity contribution in [2.24, 2.45) is 7.05 Å². The Kier molecular flexibility index (Phi) is 3.86. The number of hydrogen-bond acceptors (Lipinski definition) is 3. The van der Waals surface area contributed by atoms with Crippen LogP contribution in [0.1, 0.15) is 18.5 Å². The summed E-state index contributed by atoms with van der Waals surface area (Å²) in [5.74, 6) is 0.728. The summed E-state index contributed by atoms with van der Waals surface area (Å²) in [4.78, 5) is 13.9. The molecule has 0 saturated carbocycles. The van der Waals surface area contributed by atoms with Gasteiger partial charge in [0, 0.05) is 33.3 Å². The lowest BCUT2D eigenvalue weighted by atomic mass is 10.1. The molecule has 0 spiro atoms. The number of aromatic nitrogens is 2. The number of nitrogens with zero attached hydrogens (tertiary/aromatic N) is 3. The zero-order valence-electron chi connectivity index (χ0n) is 11.1. The number of carbonyl (C=O) groups is 1. The van der Waals surface area contributed by atoms with Crippen LogP contribution in [-0.2, 0) is 11.8 Å². The summed E-state index contributed by atoms with van der Waals surface area (Å²) in [6, 6.07) is 1.80. The Morgan fingerprint density at radius 1 is 1.50 bits per heavy atom. The first-order valence-corrected chi connectivity index (χ1v) is 6.19. The Morgan fingerprint density at radius 3 is 2.67 bits per heavy atom. The van der Waals surface area contributed by atoms with E-state index in [1.165, 1.54) is 0 Å². The van der Waals surface area contributed by atoms with Crippen LogP contribution >= 0.6 is 0 Å². The van der Waals surface area contributed by atoms with E-state index in [9.17, 15) is 4.79 Å². The largest absolute Gasteiger partial charge is 0.381 e. The molecule has 1 fully saturated rings. The molecule has 0 unspecified atom stereocenters. The lowest BCUT2D eigenvalue weighted by Gasteiger charge is -2.31. The molecule has 1 aliphatic rings. The lowest BCUT2D eigenvalue weighted by Crippen LogP contribution is -2.43. The van der Waals surface area contributed by atoms with Crippen LogP contribution in [0.2, 0.25) is 0 Å². The van der Waals surface area contributed by atoms with Crippen molar-refractivity contribution in [3.63, 3.8) is 0 Å². The summed E-state index contributed by atoms with van der Waals surface area (Å²) in [6.07, 6.45) is 2.08. The summed E-state index contributed by atoms with van der Waals surface area (Å²) in [6.45, 7) is 3.38. The van der Waals surface area contributed by atoms with Gasteiger partial charge in [-0.25, -0.2) is 4.79 Å². The Balaban J connectivity index is 1.91.